The van der Waals surface area contributed by atoms with Crippen LogP contribution in [0.1, 0.15) is 99.3 Å². The molecule has 0 saturated heterocycles. The molecule has 1 heteroatoms. The van der Waals surface area contributed by atoms with Gasteiger partial charge in [-0.1, -0.05) is 72.1 Å². The van der Waals surface area contributed by atoms with Gasteiger partial charge in [0.1, 0.15) is 0 Å². The second-order valence-corrected chi connectivity index (χ2v) is 12.3. The van der Waals surface area contributed by atoms with Crippen LogP contribution in [0.4, 0.5) is 0 Å². The molecule has 8 atom stereocenters. The van der Waals surface area contributed by atoms with Crippen LogP contribution in [-0.2, 0) is 0 Å². The third-order valence-corrected chi connectivity index (χ3v) is 10.5. The third-order valence-electron chi connectivity index (χ3n) is 10.5. The Morgan fingerprint density at radius 3 is 2.52 bits per heavy atom. The van der Waals surface area contributed by atoms with Crippen LogP contribution < -0.4 is 0 Å². The van der Waals surface area contributed by atoms with Gasteiger partial charge in [-0.05, 0) is 96.9 Å². The number of aliphatic hydroxyl groups excluding tert-OH is 1. The second-order valence-electron chi connectivity index (χ2n) is 12.3. The van der Waals surface area contributed by atoms with Crippen molar-refractivity contribution in [2.75, 3.05) is 0 Å². The molecule has 0 radical (unpaired) electrons. The molecule has 0 aromatic carbocycles. The first-order valence-corrected chi connectivity index (χ1v) is 12.8. The molecular weight excluding hydrogens is 352 g/mol. The van der Waals surface area contributed by atoms with Crippen molar-refractivity contribution in [3.63, 3.8) is 0 Å². The molecule has 0 bridgehead atoms. The lowest BCUT2D eigenvalue weighted by Crippen LogP contribution is -2.44. The van der Waals surface area contributed by atoms with Crippen molar-refractivity contribution in [2.24, 2.45) is 46.3 Å². The lowest BCUT2D eigenvalue weighted by Gasteiger charge is -2.53. The fourth-order valence-corrected chi connectivity index (χ4v) is 7.92. The first-order valence-electron chi connectivity index (χ1n) is 12.8. The summed E-state index contributed by atoms with van der Waals surface area (Å²) in [6, 6.07) is 0. The summed E-state index contributed by atoms with van der Waals surface area (Å²) in [6.45, 7) is 14.9. The smallest absolute Gasteiger partial charge is 0.0546 e. The van der Waals surface area contributed by atoms with E-state index >= 15 is 0 Å². The maximum Gasteiger partial charge on any atom is 0.0546 e. The van der Waals surface area contributed by atoms with Crippen molar-refractivity contribution < 1.29 is 5.11 Å². The van der Waals surface area contributed by atoms with Gasteiger partial charge < -0.3 is 5.11 Å². The van der Waals surface area contributed by atoms with E-state index in [1.165, 1.54) is 44.9 Å². The van der Waals surface area contributed by atoms with Gasteiger partial charge in [-0.15, -0.1) is 0 Å². The van der Waals surface area contributed by atoms with E-state index < -0.39 is 0 Å². The Bertz CT molecular complexity index is 672. The molecule has 0 heterocycles. The molecule has 0 spiro atoms. The molecule has 2 fully saturated rings. The Balaban J connectivity index is 1.53. The quantitative estimate of drug-likeness (QED) is 0.506. The number of allylic oxidation sites excluding steroid dienone is 4. The van der Waals surface area contributed by atoms with Crippen molar-refractivity contribution in [2.45, 2.75) is 105 Å². The molecule has 0 amide bonds. The lowest BCUT2D eigenvalue weighted by atomic mass is 9.52. The van der Waals surface area contributed by atoms with Crippen LogP contribution in [0.3, 0.4) is 0 Å². The van der Waals surface area contributed by atoms with Gasteiger partial charge in [-0.25, -0.2) is 0 Å². The minimum absolute atomic E-state index is 0.0846. The molecule has 1 unspecified atom stereocenters. The average molecular weight is 399 g/mol. The first kappa shape index (κ1) is 21.7. The zero-order chi connectivity index (χ0) is 21.0. The molecular formula is C28H46O. The summed E-state index contributed by atoms with van der Waals surface area (Å²) in [4.78, 5) is 0. The molecule has 1 nitrogen and oxygen atoms in total. The number of aliphatic hydroxyl groups is 1. The van der Waals surface area contributed by atoms with Gasteiger partial charge in [0.25, 0.3) is 0 Å². The Labute approximate surface area is 180 Å². The number of rotatable bonds is 5. The summed E-state index contributed by atoms with van der Waals surface area (Å²) < 4.78 is 0. The van der Waals surface area contributed by atoms with Gasteiger partial charge in [0.05, 0.1) is 6.10 Å². The summed E-state index contributed by atoms with van der Waals surface area (Å²) in [7, 11) is 0. The zero-order valence-corrected chi connectivity index (χ0v) is 20.0. The van der Waals surface area contributed by atoms with E-state index in [4.69, 9.17) is 0 Å². The van der Waals surface area contributed by atoms with Crippen LogP contribution in [0.2, 0.25) is 0 Å². The lowest BCUT2D eigenvalue weighted by molar-refractivity contribution is 0.0424. The van der Waals surface area contributed by atoms with Gasteiger partial charge in [0, 0.05) is 0 Å². The van der Waals surface area contributed by atoms with Crippen molar-refractivity contribution in [1.29, 1.82) is 0 Å². The van der Waals surface area contributed by atoms with Crippen molar-refractivity contribution >= 4 is 0 Å². The number of hydrogen-bond donors (Lipinski definition) is 1. The molecule has 4 rings (SSSR count). The van der Waals surface area contributed by atoms with Crippen molar-refractivity contribution in [1.82, 2.24) is 0 Å². The van der Waals surface area contributed by atoms with E-state index in [2.05, 4.69) is 53.7 Å². The predicted molar refractivity (Wildman–Crippen MR) is 124 cm³/mol. The predicted octanol–water partition coefficient (Wildman–Crippen LogP) is 7.55. The largest absolute Gasteiger partial charge is 0.393 e. The number of hydrogen-bond acceptors (Lipinski definition) is 1. The molecule has 0 aromatic heterocycles. The van der Waals surface area contributed by atoms with E-state index in [0.29, 0.717) is 16.7 Å². The second kappa shape index (κ2) is 7.85. The van der Waals surface area contributed by atoms with Gasteiger partial charge >= 0.3 is 0 Å². The molecule has 164 valence electrons. The summed E-state index contributed by atoms with van der Waals surface area (Å²) in [5.41, 5.74) is 4.35. The molecule has 4 aliphatic carbocycles. The van der Waals surface area contributed by atoms with E-state index in [0.717, 1.165) is 42.4 Å². The topological polar surface area (TPSA) is 20.2 Å². The summed E-state index contributed by atoms with van der Waals surface area (Å²) in [5.74, 6) is 4.75. The molecule has 4 aliphatic rings. The molecule has 29 heavy (non-hydrogen) atoms. The fraction of sp³-hybridized carbons (Fsp3) is 0.857. The molecule has 0 aromatic rings. The van der Waals surface area contributed by atoms with Crippen molar-refractivity contribution in [3.05, 3.63) is 23.3 Å². The minimum atomic E-state index is -0.0846. The third kappa shape index (κ3) is 3.58. The van der Waals surface area contributed by atoms with Crippen LogP contribution in [0.15, 0.2) is 23.3 Å². The van der Waals surface area contributed by atoms with Crippen LogP contribution in [0.25, 0.3) is 0 Å². The van der Waals surface area contributed by atoms with Gasteiger partial charge in [0.15, 0.2) is 0 Å². The molecule has 2 saturated carbocycles. The van der Waals surface area contributed by atoms with Crippen LogP contribution >= 0.6 is 0 Å². The molecule has 1 N–H and O–H groups in total. The average Bonchev–Trinajstić information content (AvgIpc) is 3.03. The number of fused-ring (bicyclic) bond motifs is 4. The standard InChI is InChI=1S/C28H46O/c1-18(2)19(3)7-8-20(4)24-11-12-25-23-10-9-21-17-22(29)13-15-27(21,5)26(23)14-16-28(24,25)6/h9-10,18-22,24-25,29H,7-8,11-17H2,1-6H3/t19-,20+,21?,22-,24+,25-,27-,28+/m0/s1. The Hall–Kier alpha value is -0.560. The first-order chi connectivity index (χ1) is 13.7. The molecule has 0 aliphatic heterocycles. The Morgan fingerprint density at radius 2 is 1.79 bits per heavy atom. The summed E-state index contributed by atoms with van der Waals surface area (Å²) >= 11 is 0. The van der Waals surface area contributed by atoms with E-state index in [1.807, 2.05) is 0 Å². The highest BCUT2D eigenvalue weighted by Gasteiger charge is 2.54. The normalized spacial score (nSPS) is 43.7. The maximum absolute atomic E-state index is 10.2. The summed E-state index contributed by atoms with van der Waals surface area (Å²) in [6.07, 6.45) is 16.4. The summed E-state index contributed by atoms with van der Waals surface area (Å²) in [5, 5.41) is 10.2. The van der Waals surface area contributed by atoms with Crippen LogP contribution in [0.5, 0.6) is 0 Å². The van der Waals surface area contributed by atoms with E-state index in [9.17, 15) is 5.11 Å². The Kier molecular flexibility index (Phi) is 5.86. The van der Waals surface area contributed by atoms with Crippen LogP contribution in [-0.4, -0.2) is 11.2 Å². The maximum atomic E-state index is 10.2. The SMILES string of the molecule is CC(C)[C@@H](C)CC[C@@H](C)[C@H]1CC[C@H]2C3=C(CC[C@]12C)[C@@]1(C)CC[C@H](O)CC1C=C3. The van der Waals surface area contributed by atoms with Crippen LogP contribution in [0, 0.1) is 46.3 Å². The minimum Gasteiger partial charge on any atom is -0.393 e. The van der Waals surface area contributed by atoms with Gasteiger partial charge in [-0.3, -0.25) is 0 Å². The van der Waals surface area contributed by atoms with Gasteiger partial charge in [-0.2, -0.15) is 0 Å². The van der Waals surface area contributed by atoms with Gasteiger partial charge in [0.2, 0.25) is 0 Å². The van der Waals surface area contributed by atoms with E-state index in [1.54, 1.807) is 11.1 Å². The fourth-order valence-electron chi connectivity index (χ4n) is 7.92. The Morgan fingerprint density at radius 1 is 1.03 bits per heavy atom. The monoisotopic (exact) mass is 398 g/mol. The zero-order valence-electron chi connectivity index (χ0n) is 20.0. The highest BCUT2D eigenvalue weighted by molar-refractivity contribution is 5.42. The van der Waals surface area contributed by atoms with E-state index in [-0.39, 0.29) is 6.10 Å². The highest BCUT2D eigenvalue weighted by atomic mass is 16.3. The van der Waals surface area contributed by atoms with Crippen molar-refractivity contribution in [3.8, 4) is 0 Å². The highest BCUT2D eigenvalue weighted by Crippen LogP contribution is 2.64.